The van der Waals surface area contributed by atoms with E-state index in [0.29, 0.717) is 19.8 Å². The normalized spacial score (nSPS) is 11.7. The highest BCUT2D eigenvalue weighted by Crippen LogP contribution is 2.13. The van der Waals surface area contributed by atoms with Crippen LogP contribution < -0.4 is 11.1 Å². The van der Waals surface area contributed by atoms with Gasteiger partial charge in [0.1, 0.15) is 0 Å². The number of rotatable bonds is 8. The molecule has 0 radical (unpaired) electrons. The van der Waals surface area contributed by atoms with Crippen molar-refractivity contribution in [3.63, 3.8) is 0 Å². The lowest BCUT2D eigenvalue weighted by atomic mass is 10.1. The fraction of sp³-hybridized carbons (Fsp3) is 0.562. The molecule has 0 heterocycles. The zero-order valence-corrected chi connectivity index (χ0v) is 13.3. The van der Waals surface area contributed by atoms with Crippen molar-refractivity contribution < 1.29 is 14.3 Å². The maximum atomic E-state index is 11.8. The first-order chi connectivity index (χ1) is 9.79. The van der Waals surface area contributed by atoms with Gasteiger partial charge in [0.25, 0.3) is 0 Å². The van der Waals surface area contributed by atoms with Crippen LogP contribution in [-0.4, -0.2) is 30.8 Å². The largest absolute Gasteiger partial charge is 0.376 e. The van der Waals surface area contributed by atoms with Gasteiger partial charge in [-0.25, -0.2) is 0 Å². The molecule has 118 valence electrons. The minimum atomic E-state index is -0.902. The number of nitrogens with two attached hydrogens (primary N) is 1. The summed E-state index contributed by atoms with van der Waals surface area (Å²) in [6, 6.07) is 7.54. The number of hydrogen-bond acceptors (Lipinski definition) is 4. The monoisotopic (exact) mass is 294 g/mol. The van der Waals surface area contributed by atoms with Gasteiger partial charge in [0.05, 0.1) is 31.5 Å². The van der Waals surface area contributed by atoms with Crippen molar-refractivity contribution in [1.82, 2.24) is 0 Å². The van der Waals surface area contributed by atoms with Crippen LogP contribution in [0.2, 0.25) is 0 Å². The zero-order chi connectivity index (χ0) is 15.9. The number of nitrogens with one attached hydrogen (secondary N) is 1. The predicted molar refractivity (Wildman–Crippen MR) is 84.1 cm³/mol. The van der Waals surface area contributed by atoms with Gasteiger partial charge in [-0.2, -0.15) is 0 Å². The number of hydrogen-bond donors (Lipinski definition) is 2. The summed E-state index contributed by atoms with van der Waals surface area (Å²) in [4.78, 5) is 11.8. The summed E-state index contributed by atoms with van der Waals surface area (Å²) >= 11 is 0. The molecule has 5 heteroatoms. The molecule has 0 atom stereocenters. The third kappa shape index (κ3) is 7.22. The zero-order valence-electron chi connectivity index (χ0n) is 13.3. The van der Waals surface area contributed by atoms with Gasteiger partial charge in [-0.1, -0.05) is 12.1 Å². The topological polar surface area (TPSA) is 73.6 Å². The van der Waals surface area contributed by atoms with Crippen LogP contribution in [0.5, 0.6) is 0 Å². The highest BCUT2D eigenvalue weighted by atomic mass is 16.5. The summed E-state index contributed by atoms with van der Waals surface area (Å²) in [5, 5.41) is 2.79. The van der Waals surface area contributed by atoms with Gasteiger partial charge in [-0.05, 0) is 45.4 Å². The summed E-state index contributed by atoms with van der Waals surface area (Å²) in [6.45, 7) is 8.93. The Bertz CT molecular complexity index is 453. The molecule has 1 rings (SSSR count). The molecule has 1 aromatic carbocycles. The Morgan fingerprint density at radius 3 is 2.67 bits per heavy atom. The molecule has 0 spiro atoms. The summed E-state index contributed by atoms with van der Waals surface area (Å²) in [7, 11) is 0. The number of anilines is 1. The lowest BCUT2D eigenvalue weighted by Crippen LogP contribution is -2.45. The molecule has 1 aromatic rings. The van der Waals surface area contributed by atoms with Crippen LogP contribution in [-0.2, 0) is 20.9 Å². The van der Waals surface area contributed by atoms with Crippen molar-refractivity contribution in [3.8, 4) is 0 Å². The second-order valence-corrected chi connectivity index (χ2v) is 5.85. The van der Waals surface area contributed by atoms with E-state index < -0.39 is 5.54 Å². The maximum Gasteiger partial charge on any atom is 0.243 e. The maximum absolute atomic E-state index is 11.8. The first kappa shape index (κ1) is 17.6. The van der Waals surface area contributed by atoms with E-state index in [1.807, 2.05) is 38.1 Å². The summed E-state index contributed by atoms with van der Waals surface area (Å²) in [5.41, 5.74) is 6.56. The molecule has 0 bridgehead atoms. The highest BCUT2D eigenvalue weighted by Gasteiger charge is 2.21. The molecule has 0 aliphatic heterocycles. The van der Waals surface area contributed by atoms with E-state index in [4.69, 9.17) is 15.2 Å². The van der Waals surface area contributed by atoms with Crippen LogP contribution in [0.15, 0.2) is 24.3 Å². The average Bonchev–Trinajstić information content (AvgIpc) is 2.37. The molecular formula is C16H26N2O3. The lowest BCUT2D eigenvalue weighted by Gasteiger charge is -2.18. The second kappa shape index (κ2) is 8.12. The third-order valence-corrected chi connectivity index (χ3v) is 2.72. The second-order valence-electron chi connectivity index (χ2n) is 5.85. The molecule has 3 N–H and O–H groups in total. The van der Waals surface area contributed by atoms with Gasteiger partial charge in [-0.15, -0.1) is 0 Å². The van der Waals surface area contributed by atoms with Crippen molar-refractivity contribution >= 4 is 11.6 Å². The predicted octanol–water partition coefficient (Wildman–Crippen LogP) is 2.30. The quantitative estimate of drug-likeness (QED) is 0.722. The molecule has 0 saturated carbocycles. The van der Waals surface area contributed by atoms with E-state index >= 15 is 0 Å². The van der Waals surface area contributed by atoms with Gasteiger partial charge >= 0.3 is 0 Å². The van der Waals surface area contributed by atoms with Crippen molar-refractivity contribution in [1.29, 1.82) is 0 Å². The van der Waals surface area contributed by atoms with Gasteiger partial charge in [0.2, 0.25) is 5.91 Å². The van der Waals surface area contributed by atoms with E-state index in [-0.39, 0.29) is 12.0 Å². The van der Waals surface area contributed by atoms with E-state index in [1.54, 1.807) is 13.8 Å². The summed E-state index contributed by atoms with van der Waals surface area (Å²) < 4.78 is 10.9. The van der Waals surface area contributed by atoms with Gasteiger partial charge in [-0.3, -0.25) is 4.79 Å². The van der Waals surface area contributed by atoms with Crippen LogP contribution in [0.1, 0.15) is 33.3 Å². The number of ether oxygens (including phenoxy) is 2. The number of carbonyl (C=O) groups excluding carboxylic acids is 1. The molecule has 0 aliphatic carbocycles. The van der Waals surface area contributed by atoms with Crippen LogP contribution in [0.3, 0.4) is 0 Å². The fourth-order valence-corrected chi connectivity index (χ4v) is 1.56. The van der Waals surface area contributed by atoms with Crippen molar-refractivity contribution in [2.75, 3.05) is 18.5 Å². The molecule has 1 amide bonds. The number of benzene rings is 1. The molecule has 0 saturated heterocycles. The van der Waals surface area contributed by atoms with E-state index in [9.17, 15) is 4.79 Å². The average molecular weight is 294 g/mol. The van der Waals surface area contributed by atoms with Gasteiger partial charge in [0, 0.05) is 5.69 Å². The smallest absolute Gasteiger partial charge is 0.243 e. The number of carbonyl (C=O) groups is 1. The molecule has 0 aliphatic rings. The summed E-state index contributed by atoms with van der Waals surface area (Å²) in [6.07, 6.45) is 0.215. The Hall–Kier alpha value is -1.43. The van der Waals surface area contributed by atoms with Crippen LogP contribution in [0.25, 0.3) is 0 Å². The Balaban J connectivity index is 2.44. The minimum Gasteiger partial charge on any atom is -0.376 e. The van der Waals surface area contributed by atoms with Gasteiger partial charge < -0.3 is 20.5 Å². The fourth-order valence-electron chi connectivity index (χ4n) is 1.56. The van der Waals surface area contributed by atoms with Crippen LogP contribution >= 0.6 is 0 Å². The van der Waals surface area contributed by atoms with Crippen molar-refractivity contribution in [2.24, 2.45) is 5.73 Å². The van der Waals surface area contributed by atoms with Crippen molar-refractivity contribution in [2.45, 2.75) is 45.9 Å². The SMILES string of the molecule is CC(C)OCCOCc1cccc(NC(=O)C(C)(C)N)c1. The standard InChI is InChI=1S/C16H26N2O3/c1-12(2)21-9-8-20-11-13-6-5-7-14(10-13)18-15(19)16(3,4)17/h5-7,10,12H,8-9,11,17H2,1-4H3,(H,18,19). The lowest BCUT2D eigenvalue weighted by molar-refractivity contribution is -0.120. The molecule has 0 aromatic heterocycles. The van der Waals surface area contributed by atoms with Gasteiger partial charge in [0.15, 0.2) is 0 Å². The number of amides is 1. The Kier molecular flexibility index (Phi) is 6.81. The third-order valence-electron chi connectivity index (χ3n) is 2.72. The Labute approximate surface area is 126 Å². The molecule has 0 fully saturated rings. The van der Waals surface area contributed by atoms with Crippen LogP contribution in [0, 0.1) is 0 Å². The molecule has 21 heavy (non-hydrogen) atoms. The van der Waals surface area contributed by atoms with E-state index in [2.05, 4.69) is 5.32 Å². The molecule has 0 unspecified atom stereocenters. The van der Waals surface area contributed by atoms with E-state index in [1.165, 1.54) is 0 Å². The Morgan fingerprint density at radius 2 is 2.05 bits per heavy atom. The molecular weight excluding hydrogens is 268 g/mol. The van der Waals surface area contributed by atoms with E-state index in [0.717, 1.165) is 11.3 Å². The molecule has 5 nitrogen and oxygen atoms in total. The minimum absolute atomic E-state index is 0.215. The Morgan fingerprint density at radius 1 is 1.33 bits per heavy atom. The first-order valence-corrected chi connectivity index (χ1v) is 7.17. The van der Waals surface area contributed by atoms with Crippen LogP contribution in [0.4, 0.5) is 5.69 Å². The highest BCUT2D eigenvalue weighted by molar-refractivity contribution is 5.97. The summed E-state index contributed by atoms with van der Waals surface area (Å²) in [5.74, 6) is -0.217. The first-order valence-electron chi connectivity index (χ1n) is 7.17. The van der Waals surface area contributed by atoms with Crippen molar-refractivity contribution in [3.05, 3.63) is 29.8 Å².